The molecule has 1 aliphatic heterocycles. The maximum Gasteiger partial charge on any atom is 0.280 e. The van der Waals surface area contributed by atoms with E-state index < -0.39 is 21.1 Å². The molecule has 34 heavy (non-hydrogen) atoms. The van der Waals surface area contributed by atoms with Gasteiger partial charge in [0.1, 0.15) is 0 Å². The maximum absolute atomic E-state index is 13.3. The van der Waals surface area contributed by atoms with Gasteiger partial charge in [-0.25, -0.2) is 18.1 Å². The lowest BCUT2D eigenvalue weighted by atomic mass is 10.1. The summed E-state index contributed by atoms with van der Waals surface area (Å²) < 4.78 is 46.2. The number of carbonyl (C=O) groups excluding carboxylic acids is 1. The first-order valence-corrected chi connectivity index (χ1v) is 12.4. The van der Waals surface area contributed by atoms with E-state index in [0.717, 1.165) is 6.20 Å². The highest BCUT2D eigenvalue weighted by molar-refractivity contribution is 7.89. The minimum absolute atomic E-state index is 0.000884. The van der Waals surface area contributed by atoms with E-state index >= 15 is 0 Å². The number of hydrogen-bond donors (Lipinski definition) is 2. The molecule has 0 radical (unpaired) electrons. The van der Waals surface area contributed by atoms with Gasteiger partial charge < -0.3 is 9.57 Å². The minimum Gasteiger partial charge on any atom is -0.389 e. The number of carbonyl (C=O) groups is 1. The number of rotatable bonds is 9. The number of aromatic nitrogens is 2. The van der Waals surface area contributed by atoms with Gasteiger partial charge in [-0.1, -0.05) is 34.7 Å². The molecule has 0 saturated carbocycles. The van der Waals surface area contributed by atoms with Crippen molar-refractivity contribution in [1.29, 1.82) is 0 Å². The molecular formula is C21H20FN5O5S2. The molecule has 178 valence electrons. The van der Waals surface area contributed by atoms with E-state index in [9.17, 15) is 17.6 Å². The summed E-state index contributed by atoms with van der Waals surface area (Å²) in [5.74, 6) is -0.683. The smallest absolute Gasteiger partial charge is 0.280 e. The number of pyridine rings is 1. The number of ether oxygens (including phenoxy) is 1. The maximum atomic E-state index is 13.3. The van der Waals surface area contributed by atoms with Crippen molar-refractivity contribution < 1.29 is 27.2 Å². The highest BCUT2D eigenvalue weighted by Crippen LogP contribution is 2.18. The second-order valence-corrected chi connectivity index (χ2v) is 9.87. The number of amides is 1. The van der Waals surface area contributed by atoms with E-state index in [1.807, 2.05) is 0 Å². The van der Waals surface area contributed by atoms with Crippen LogP contribution in [0.1, 0.15) is 17.7 Å². The number of sulfonamides is 1. The molecule has 3 heterocycles. The lowest BCUT2D eigenvalue weighted by Crippen LogP contribution is -2.26. The molecule has 1 fully saturated rings. The van der Waals surface area contributed by atoms with Gasteiger partial charge >= 0.3 is 0 Å². The van der Waals surface area contributed by atoms with Crippen molar-refractivity contribution in [2.24, 2.45) is 5.16 Å². The van der Waals surface area contributed by atoms with Crippen LogP contribution in [0.2, 0.25) is 0 Å². The fourth-order valence-electron chi connectivity index (χ4n) is 2.96. The summed E-state index contributed by atoms with van der Waals surface area (Å²) in [4.78, 5) is 26.1. The average molecular weight is 506 g/mol. The second-order valence-electron chi connectivity index (χ2n) is 7.12. The molecule has 2 N–H and O–H groups in total. The highest BCUT2D eigenvalue weighted by atomic mass is 32.2. The van der Waals surface area contributed by atoms with Gasteiger partial charge in [0, 0.05) is 18.2 Å². The Morgan fingerprint density at radius 3 is 2.71 bits per heavy atom. The van der Waals surface area contributed by atoms with Crippen molar-refractivity contribution in [3.8, 4) is 0 Å². The van der Waals surface area contributed by atoms with Crippen molar-refractivity contribution in [1.82, 2.24) is 14.7 Å². The topological polar surface area (TPSA) is 132 Å². The predicted molar refractivity (Wildman–Crippen MR) is 122 cm³/mol. The molecule has 1 aromatic carbocycles. The third-order valence-electron chi connectivity index (χ3n) is 4.70. The number of nitrogens with one attached hydrogen (secondary N) is 2. The van der Waals surface area contributed by atoms with Crippen LogP contribution in [-0.2, 0) is 30.9 Å². The Morgan fingerprint density at radius 1 is 1.24 bits per heavy atom. The molecule has 0 bridgehead atoms. The Morgan fingerprint density at radius 2 is 2.06 bits per heavy atom. The lowest BCUT2D eigenvalue weighted by Gasteiger charge is -2.11. The van der Waals surface area contributed by atoms with Crippen LogP contribution < -0.4 is 10.0 Å². The zero-order valence-electron chi connectivity index (χ0n) is 17.7. The molecule has 0 aliphatic carbocycles. The molecule has 2 aromatic heterocycles. The Labute approximate surface area is 198 Å². The summed E-state index contributed by atoms with van der Waals surface area (Å²) in [6.45, 7) is 0.898. The number of hydrogen-bond acceptors (Lipinski definition) is 9. The second kappa shape index (κ2) is 10.8. The van der Waals surface area contributed by atoms with Crippen LogP contribution in [0.15, 0.2) is 64.9 Å². The summed E-state index contributed by atoms with van der Waals surface area (Å²) in [5, 5.41) is 5.95. The van der Waals surface area contributed by atoms with Gasteiger partial charge in [0.15, 0.2) is 22.1 Å². The van der Waals surface area contributed by atoms with Crippen molar-refractivity contribution in [3.05, 3.63) is 71.2 Å². The van der Waals surface area contributed by atoms with E-state index in [2.05, 4.69) is 25.2 Å². The quantitative estimate of drug-likeness (QED) is 0.337. The summed E-state index contributed by atoms with van der Waals surface area (Å²) in [6, 6.07) is 10.8. The zero-order chi connectivity index (χ0) is 24.0. The molecule has 1 aliphatic rings. The molecule has 1 amide bonds. The van der Waals surface area contributed by atoms with Crippen molar-refractivity contribution in [3.63, 3.8) is 0 Å². The normalized spacial score (nSPS) is 16.4. The van der Waals surface area contributed by atoms with Crippen molar-refractivity contribution >= 4 is 38.1 Å². The van der Waals surface area contributed by atoms with Gasteiger partial charge in [-0.15, -0.1) is 0 Å². The third-order valence-corrected chi connectivity index (χ3v) is 6.82. The molecule has 4 rings (SSSR count). The molecule has 0 unspecified atom stereocenters. The minimum atomic E-state index is -3.82. The number of anilines is 1. The molecule has 10 nitrogen and oxygen atoms in total. The van der Waals surface area contributed by atoms with Gasteiger partial charge in [0.2, 0.25) is 10.0 Å². The zero-order valence-corrected chi connectivity index (χ0v) is 19.3. The van der Waals surface area contributed by atoms with E-state index in [-0.39, 0.29) is 28.4 Å². The van der Waals surface area contributed by atoms with Crippen molar-refractivity contribution in [2.75, 3.05) is 18.5 Å². The number of halogens is 1. The standard InChI is InChI=1S/C21H20FN5O5S2/c22-18-12-24-21(33-18)26-20(28)19(27-32-16-8-10-31-13-16)14-4-6-17(7-5-14)34(29,30)25-11-15-3-1-2-9-23-15/h1-7,9,12,16,25H,8,10-11,13H2,(H,24,26,28)/t16-/m1/s1. The van der Waals surface area contributed by atoms with Crippen LogP contribution >= 0.6 is 11.3 Å². The number of oxime groups is 1. The van der Waals surface area contributed by atoms with Crippen LogP contribution in [-0.4, -0.2) is 49.3 Å². The SMILES string of the molecule is O=C(Nc1ncc(F)s1)C(=NO[C@@H]1CCOC1)c1ccc(S(=O)(=O)NCc2ccccn2)cc1. The van der Waals surface area contributed by atoms with Gasteiger partial charge in [-0.2, -0.15) is 4.39 Å². The first kappa shape index (κ1) is 23.9. The van der Waals surface area contributed by atoms with E-state index in [4.69, 9.17) is 9.57 Å². The summed E-state index contributed by atoms with van der Waals surface area (Å²) in [6.07, 6.45) is 2.87. The van der Waals surface area contributed by atoms with Gasteiger partial charge in [0.25, 0.3) is 5.91 Å². The van der Waals surface area contributed by atoms with Crippen LogP contribution in [0.25, 0.3) is 0 Å². The first-order valence-electron chi connectivity index (χ1n) is 10.1. The fraction of sp³-hybridized carbons (Fsp3) is 0.238. The van der Waals surface area contributed by atoms with E-state index in [1.54, 1.807) is 24.4 Å². The summed E-state index contributed by atoms with van der Waals surface area (Å²) >= 11 is 0.663. The monoisotopic (exact) mass is 505 g/mol. The van der Waals surface area contributed by atoms with Gasteiger partial charge in [-0.05, 0) is 24.3 Å². The summed E-state index contributed by atoms with van der Waals surface area (Å²) in [5.41, 5.74) is 0.755. The first-order chi connectivity index (χ1) is 16.4. The molecule has 1 atom stereocenters. The predicted octanol–water partition coefficient (Wildman–Crippen LogP) is 2.30. The van der Waals surface area contributed by atoms with E-state index in [0.29, 0.717) is 42.2 Å². The third kappa shape index (κ3) is 6.20. The Balaban J connectivity index is 1.52. The number of nitrogens with zero attached hydrogens (tertiary/aromatic N) is 3. The molecule has 0 spiro atoms. The fourth-order valence-corrected chi connectivity index (χ4v) is 4.50. The van der Waals surface area contributed by atoms with Gasteiger partial charge in [-0.3, -0.25) is 15.1 Å². The Bertz CT molecular complexity index is 1260. The van der Waals surface area contributed by atoms with Crippen LogP contribution in [0.3, 0.4) is 0 Å². The average Bonchev–Trinajstić information content (AvgIpc) is 3.51. The van der Waals surface area contributed by atoms with Crippen LogP contribution in [0, 0.1) is 5.13 Å². The molecule has 13 heteroatoms. The van der Waals surface area contributed by atoms with Crippen LogP contribution in [0.4, 0.5) is 9.52 Å². The molecular weight excluding hydrogens is 485 g/mol. The van der Waals surface area contributed by atoms with Gasteiger partial charge in [0.05, 0.1) is 36.5 Å². The Kier molecular flexibility index (Phi) is 7.57. The highest BCUT2D eigenvalue weighted by Gasteiger charge is 2.22. The number of benzene rings is 1. The largest absolute Gasteiger partial charge is 0.389 e. The van der Waals surface area contributed by atoms with Crippen molar-refractivity contribution in [2.45, 2.75) is 24.0 Å². The lowest BCUT2D eigenvalue weighted by molar-refractivity contribution is -0.110. The molecule has 1 saturated heterocycles. The Hall–Kier alpha value is -3.26. The molecule has 3 aromatic rings. The van der Waals surface area contributed by atoms with Crippen LogP contribution in [0.5, 0.6) is 0 Å². The number of thiazole rings is 1. The van der Waals surface area contributed by atoms with E-state index in [1.165, 1.54) is 24.3 Å². The summed E-state index contributed by atoms with van der Waals surface area (Å²) in [7, 11) is -3.82.